The molecule has 0 aliphatic carbocycles. The van der Waals surface area contributed by atoms with Gasteiger partial charge < -0.3 is 49.5 Å². The second-order valence-corrected chi connectivity index (χ2v) is 8.63. The molecule has 0 saturated carbocycles. The Balaban J connectivity index is -0.00000193. The van der Waals surface area contributed by atoms with Crippen molar-refractivity contribution in [2.75, 3.05) is 45.8 Å². The average Bonchev–Trinajstić information content (AvgIpc) is 2.73. The van der Waals surface area contributed by atoms with Gasteiger partial charge in [0.25, 0.3) is 0 Å². The van der Waals surface area contributed by atoms with Crippen LogP contribution in [0.4, 0.5) is 0 Å². The quantitative estimate of drug-likeness (QED) is 0.108. The van der Waals surface area contributed by atoms with Gasteiger partial charge in [-0.05, 0) is 11.8 Å². The number of aliphatic carboxylic acids is 5. The minimum Gasteiger partial charge on any atom is -0.549 e. The van der Waals surface area contributed by atoms with Crippen LogP contribution in [0.25, 0.3) is 0 Å². The molecule has 0 saturated heterocycles. The maximum atomic E-state index is 11.7. The van der Waals surface area contributed by atoms with Crippen LogP contribution in [0.3, 0.4) is 0 Å². The summed E-state index contributed by atoms with van der Waals surface area (Å²) in [7, 11) is 0. The molecule has 0 aromatic rings. The van der Waals surface area contributed by atoms with Gasteiger partial charge in [-0.3, -0.25) is 14.7 Å². The molecule has 0 fully saturated rings. The summed E-state index contributed by atoms with van der Waals surface area (Å²) in [6.07, 6.45) is 0.812. The van der Waals surface area contributed by atoms with E-state index in [2.05, 4.69) is 0 Å². The van der Waals surface area contributed by atoms with Gasteiger partial charge in [-0.1, -0.05) is 40.5 Å². The standard InChI is InChI=1S/C22H39N3O10.Gd.2Na/c1-5-14(3)19(21(32)33)24(12-17(28)29)9-7-23(11-16(26)27)8-10-25(13-18(30)31)20(22(34)35)15(4)6-2;;;/h14-15,19-20H,5-13H2,1-4H3,(H,26,27)(H,28,29)(H,30,31)(H,32,33)(H,34,35);;;/q;+3;2*+1/p-5. The Hall–Kier alpha value is 0.555. The summed E-state index contributed by atoms with van der Waals surface area (Å²) in [4.78, 5) is 60.5. The van der Waals surface area contributed by atoms with E-state index in [0.29, 0.717) is 12.8 Å². The molecule has 0 aromatic carbocycles. The Morgan fingerprint density at radius 3 is 1.08 bits per heavy atom. The van der Waals surface area contributed by atoms with Crippen LogP contribution in [-0.2, 0) is 24.0 Å². The molecule has 0 amide bonds. The molecular formula is C22H34GdN3Na2O10. The third-order valence-electron chi connectivity index (χ3n) is 6.06. The fourth-order valence-corrected chi connectivity index (χ4v) is 3.89. The fraction of sp³-hybridized carbons (Fsp3) is 0.773. The van der Waals surface area contributed by atoms with E-state index in [9.17, 15) is 49.5 Å². The molecule has 0 aromatic heterocycles. The molecule has 1 radical (unpaired) electrons. The van der Waals surface area contributed by atoms with E-state index in [1.807, 2.05) is 0 Å². The Morgan fingerprint density at radius 2 is 0.868 bits per heavy atom. The van der Waals surface area contributed by atoms with Gasteiger partial charge >= 0.3 is 99.1 Å². The molecule has 4 unspecified atom stereocenters. The molecule has 0 N–H and O–H groups in total. The predicted molar refractivity (Wildman–Crippen MR) is 111 cm³/mol. The number of hydrogen-bond donors (Lipinski definition) is 0. The summed E-state index contributed by atoms with van der Waals surface area (Å²) in [5, 5.41) is 57.0. The summed E-state index contributed by atoms with van der Waals surface area (Å²) in [5.41, 5.74) is 0. The number of carbonyl (C=O) groups excluding carboxylic acids is 5. The van der Waals surface area contributed by atoms with Gasteiger partial charge in [0, 0.05) is 45.8 Å². The minimum atomic E-state index is -1.53. The van der Waals surface area contributed by atoms with Crippen molar-refractivity contribution < 1.29 is 149 Å². The van der Waals surface area contributed by atoms with Crippen LogP contribution in [0.5, 0.6) is 0 Å². The monoisotopic (exact) mass is 704 g/mol. The zero-order chi connectivity index (χ0) is 27.3. The second kappa shape index (κ2) is 24.2. The van der Waals surface area contributed by atoms with E-state index in [1.54, 1.807) is 27.7 Å². The number of carboxylic acid groups (broad SMARTS) is 5. The van der Waals surface area contributed by atoms with Gasteiger partial charge in [-0.15, -0.1) is 0 Å². The van der Waals surface area contributed by atoms with Crippen molar-refractivity contribution in [3.05, 3.63) is 0 Å². The molecule has 4 atom stereocenters. The van der Waals surface area contributed by atoms with Crippen molar-refractivity contribution in [1.82, 2.24) is 14.7 Å². The molecule has 13 nitrogen and oxygen atoms in total. The van der Waals surface area contributed by atoms with E-state index in [-0.39, 0.29) is 125 Å². The van der Waals surface area contributed by atoms with Crippen molar-refractivity contribution >= 4 is 29.8 Å². The number of hydrogen-bond acceptors (Lipinski definition) is 13. The molecule has 0 aliphatic heterocycles. The molecular weight excluding hydrogens is 669 g/mol. The van der Waals surface area contributed by atoms with Crippen molar-refractivity contribution in [2.45, 2.75) is 52.6 Å². The first-order valence-corrected chi connectivity index (χ1v) is 11.5. The van der Waals surface area contributed by atoms with Crippen LogP contribution in [0.2, 0.25) is 0 Å². The van der Waals surface area contributed by atoms with E-state index >= 15 is 0 Å². The summed E-state index contributed by atoms with van der Waals surface area (Å²) < 4.78 is 0. The zero-order valence-electron chi connectivity index (χ0n) is 23.0. The Kier molecular flexibility index (Phi) is 29.0. The molecule has 0 rings (SSSR count). The number of carbonyl (C=O) groups is 5. The van der Waals surface area contributed by atoms with Crippen molar-refractivity contribution in [2.24, 2.45) is 11.8 Å². The van der Waals surface area contributed by atoms with Gasteiger partial charge in [-0.2, -0.15) is 0 Å². The first-order chi connectivity index (χ1) is 16.2. The molecule has 38 heavy (non-hydrogen) atoms. The van der Waals surface area contributed by atoms with Crippen LogP contribution in [0.15, 0.2) is 0 Å². The maximum absolute atomic E-state index is 11.7. The Morgan fingerprint density at radius 1 is 0.579 bits per heavy atom. The van der Waals surface area contributed by atoms with Crippen molar-refractivity contribution in [1.29, 1.82) is 0 Å². The van der Waals surface area contributed by atoms with E-state index < -0.39 is 73.4 Å². The normalized spacial score (nSPS) is 13.9. The van der Waals surface area contributed by atoms with Crippen LogP contribution in [-0.4, -0.2) is 102 Å². The van der Waals surface area contributed by atoms with Gasteiger partial charge in [0.2, 0.25) is 0 Å². The van der Waals surface area contributed by atoms with Crippen molar-refractivity contribution in [3.8, 4) is 0 Å². The largest absolute Gasteiger partial charge is 3.00 e. The summed E-state index contributed by atoms with van der Waals surface area (Å²) in [6.45, 7) is 3.87. The molecule has 16 heteroatoms. The van der Waals surface area contributed by atoms with E-state index in [0.717, 1.165) is 9.80 Å². The SMILES string of the molecule is CCC(C)C(C(=O)[O-])N(CCN(CCN(CC(=O)[O-])C(C(=O)[O-])C(C)CC)CC(=O)[O-])CC(=O)[O-].[Gd+3].[Na+].[Na+]. The summed E-state index contributed by atoms with van der Waals surface area (Å²) in [5.74, 6) is -8.48. The topological polar surface area (TPSA) is 210 Å². The number of carboxylic acids is 5. The van der Waals surface area contributed by atoms with E-state index in [1.165, 1.54) is 4.90 Å². The molecule has 0 heterocycles. The van der Waals surface area contributed by atoms with Gasteiger partial charge in [0.15, 0.2) is 0 Å². The fourth-order valence-electron chi connectivity index (χ4n) is 3.89. The molecule has 0 bridgehead atoms. The maximum Gasteiger partial charge on any atom is 3.00 e. The van der Waals surface area contributed by atoms with Gasteiger partial charge in [-0.25, -0.2) is 0 Å². The molecule has 0 aliphatic rings. The van der Waals surface area contributed by atoms with Gasteiger partial charge in [0.05, 0.1) is 41.9 Å². The third-order valence-corrected chi connectivity index (χ3v) is 6.06. The van der Waals surface area contributed by atoms with Crippen LogP contribution in [0.1, 0.15) is 40.5 Å². The van der Waals surface area contributed by atoms with Gasteiger partial charge in [0.1, 0.15) is 0 Å². The van der Waals surface area contributed by atoms with Crippen LogP contribution < -0.4 is 84.6 Å². The molecule has 207 valence electrons. The zero-order valence-corrected chi connectivity index (χ0v) is 29.2. The minimum absolute atomic E-state index is 0. The van der Waals surface area contributed by atoms with Crippen LogP contribution in [0, 0.1) is 51.8 Å². The summed E-state index contributed by atoms with van der Waals surface area (Å²) in [6, 6.07) is -2.55. The Labute approximate surface area is 299 Å². The number of nitrogens with zero attached hydrogens (tertiary/aromatic N) is 3. The first kappa shape index (κ1) is 45.5. The predicted octanol–water partition coefficient (Wildman–Crippen LogP) is -12.5. The second-order valence-electron chi connectivity index (χ2n) is 8.63. The first-order valence-electron chi connectivity index (χ1n) is 11.5. The average molecular weight is 704 g/mol. The summed E-state index contributed by atoms with van der Waals surface area (Å²) >= 11 is 0. The third kappa shape index (κ3) is 18.1. The van der Waals surface area contributed by atoms with E-state index in [4.69, 9.17) is 0 Å². The van der Waals surface area contributed by atoms with Crippen molar-refractivity contribution in [3.63, 3.8) is 0 Å². The smallest absolute Gasteiger partial charge is 0.549 e. The van der Waals surface area contributed by atoms with Crippen LogP contribution >= 0.6 is 0 Å². The number of rotatable bonds is 20. The molecule has 0 spiro atoms. The Bertz CT molecular complexity index is 698.